The van der Waals surface area contributed by atoms with Crippen molar-refractivity contribution in [3.05, 3.63) is 99.5 Å². The van der Waals surface area contributed by atoms with Gasteiger partial charge in [0.25, 0.3) is 0 Å². The van der Waals surface area contributed by atoms with E-state index < -0.39 is 0 Å². The molecule has 146 valence electrons. The third-order valence-electron chi connectivity index (χ3n) is 4.63. The molecule has 1 N–H and O–H groups in total. The Morgan fingerprint density at radius 3 is 2.73 bits per heavy atom. The fourth-order valence-electron chi connectivity index (χ4n) is 3.16. The molecule has 0 radical (unpaired) electrons. The summed E-state index contributed by atoms with van der Waals surface area (Å²) in [5.74, 6) is 0. The number of hydrogen-bond donors (Lipinski definition) is 1. The van der Waals surface area contributed by atoms with Gasteiger partial charge >= 0.3 is 0 Å². The van der Waals surface area contributed by atoms with Gasteiger partial charge in [-0.2, -0.15) is 5.10 Å². The maximum absolute atomic E-state index is 4.81. The van der Waals surface area contributed by atoms with Crippen LogP contribution in [0.3, 0.4) is 0 Å². The number of halogens is 1. The molecule has 0 atom stereocenters. The molecule has 0 aliphatic rings. The minimum absolute atomic E-state index is 0.775. The largest absolute Gasteiger partial charge is 0.361 e. The van der Waals surface area contributed by atoms with Crippen molar-refractivity contribution < 1.29 is 0 Å². The van der Waals surface area contributed by atoms with Crippen LogP contribution in [0.25, 0.3) is 22.2 Å². The Labute approximate surface area is 185 Å². The lowest BCUT2D eigenvalue weighted by Crippen LogP contribution is -2.11. The highest BCUT2D eigenvalue weighted by Gasteiger charge is 2.08. The van der Waals surface area contributed by atoms with E-state index in [9.17, 15) is 0 Å². The number of nitrogens with zero attached hydrogens (tertiary/aromatic N) is 4. The van der Waals surface area contributed by atoms with Crippen molar-refractivity contribution in [2.24, 2.45) is 10.1 Å². The zero-order chi connectivity index (χ0) is 20.3. The van der Waals surface area contributed by atoms with Gasteiger partial charge in [-0.1, -0.05) is 46.3 Å². The molecule has 5 aromatic rings. The van der Waals surface area contributed by atoms with Gasteiger partial charge < -0.3 is 4.98 Å². The quantitative estimate of drug-likeness (QED) is 0.321. The van der Waals surface area contributed by atoms with E-state index in [1.165, 1.54) is 0 Å². The second-order valence-corrected chi connectivity index (χ2v) is 8.33. The van der Waals surface area contributed by atoms with Gasteiger partial charge in [-0.3, -0.25) is 4.98 Å². The van der Waals surface area contributed by atoms with Crippen molar-refractivity contribution in [2.45, 2.75) is 0 Å². The first-order valence-corrected chi connectivity index (χ1v) is 11.0. The van der Waals surface area contributed by atoms with Gasteiger partial charge in [-0.15, -0.1) is 11.3 Å². The minimum Gasteiger partial charge on any atom is -0.361 e. The molecule has 0 spiro atoms. The standard InChI is InChI=1S/C23H16BrN5S/c24-18-9-7-16(8-10-18)22-15-30-23(28-19-4-3-11-25-14-19)29(22)27-13-17-12-26-21-6-2-1-5-20(17)21/h1-15,26H. The van der Waals surface area contributed by atoms with Crippen LogP contribution in [-0.2, 0) is 0 Å². The summed E-state index contributed by atoms with van der Waals surface area (Å²) in [6, 6.07) is 20.2. The smallest absolute Gasteiger partial charge is 0.211 e. The SMILES string of the molecule is Brc1ccc(-c2csc(=Nc3cccnc3)n2N=Cc2c[nH]c3ccccc23)cc1. The molecule has 30 heavy (non-hydrogen) atoms. The fourth-order valence-corrected chi connectivity index (χ4v) is 4.28. The van der Waals surface area contributed by atoms with Crippen LogP contribution < -0.4 is 4.80 Å². The molecular formula is C23H16BrN5S. The van der Waals surface area contributed by atoms with E-state index in [1.54, 1.807) is 23.7 Å². The highest BCUT2D eigenvalue weighted by atomic mass is 79.9. The van der Waals surface area contributed by atoms with Crippen LogP contribution in [0.1, 0.15) is 5.56 Å². The monoisotopic (exact) mass is 473 g/mol. The molecular weight excluding hydrogens is 458 g/mol. The van der Waals surface area contributed by atoms with Crippen molar-refractivity contribution in [2.75, 3.05) is 0 Å². The van der Waals surface area contributed by atoms with Gasteiger partial charge in [-0.05, 0) is 30.3 Å². The topological polar surface area (TPSA) is 58.3 Å². The average Bonchev–Trinajstić information content (AvgIpc) is 3.37. The normalized spacial score (nSPS) is 12.2. The van der Waals surface area contributed by atoms with Crippen LogP contribution in [0, 0.1) is 0 Å². The number of pyridine rings is 1. The number of nitrogens with one attached hydrogen (secondary N) is 1. The highest BCUT2D eigenvalue weighted by molar-refractivity contribution is 9.10. The summed E-state index contributed by atoms with van der Waals surface area (Å²) in [4.78, 5) is 13.0. The lowest BCUT2D eigenvalue weighted by Gasteiger charge is -2.04. The van der Waals surface area contributed by atoms with Crippen LogP contribution in [0.2, 0.25) is 0 Å². The third-order valence-corrected chi connectivity index (χ3v) is 5.97. The van der Waals surface area contributed by atoms with Crippen molar-refractivity contribution >= 4 is 50.1 Å². The minimum atomic E-state index is 0.775. The number of benzene rings is 2. The molecule has 7 heteroatoms. The predicted molar refractivity (Wildman–Crippen MR) is 126 cm³/mol. The van der Waals surface area contributed by atoms with Gasteiger partial charge in [-0.25, -0.2) is 9.67 Å². The molecule has 0 saturated heterocycles. The number of aromatic amines is 1. The summed E-state index contributed by atoms with van der Waals surface area (Å²) < 4.78 is 2.92. The van der Waals surface area contributed by atoms with Gasteiger partial charge in [0, 0.05) is 44.3 Å². The molecule has 5 nitrogen and oxygen atoms in total. The summed E-state index contributed by atoms with van der Waals surface area (Å²) >= 11 is 5.05. The van der Waals surface area contributed by atoms with E-state index in [-0.39, 0.29) is 0 Å². The summed E-state index contributed by atoms with van der Waals surface area (Å²) in [6.45, 7) is 0. The van der Waals surface area contributed by atoms with Gasteiger partial charge in [0.2, 0.25) is 4.80 Å². The predicted octanol–water partition coefficient (Wildman–Crippen LogP) is 5.97. The number of fused-ring (bicyclic) bond motifs is 1. The first-order chi connectivity index (χ1) is 14.8. The lowest BCUT2D eigenvalue weighted by molar-refractivity contribution is 0.854. The van der Waals surface area contributed by atoms with Crippen LogP contribution in [0.15, 0.2) is 99.2 Å². The number of H-pyrrole nitrogens is 1. The molecule has 3 aromatic heterocycles. The Kier molecular flexibility index (Phi) is 5.13. The molecule has 5 rings (SSSR count). The van der Waals surface area contributed by atoms with E-state index in [0.29, 0.717) is 0 Å². The molecule has 0 amide bonds. The average molecular weight is 474 g/mol. The number of thiazole rings is 1. The van der Waals surface area contributed by atoms with E-state index in [2.05, 4.69) is 55.5 Å². The van der Waals surface area contributed by atoms with Crippen LogP contribution >= 0.6 is 27.3 Å². The molecule has 0 aliphatic heterocycles. The Bertz CT molecular complexity index is 1400. The number of rotatable bonds is 4. The van der Waals surface area contributed by atoms with E-state index in [4.69, 9.17) is 10.1 Å². The molecule has 0 saturated carbocycles. The summed E-state index contributed by atoms with van der Waals surface area (Å²) in [5.41, 5.74) is 4.95. The number of para-hydroxylation sites is 1. The zero-order valence-corrected chi connectivity index (χ0v) is 18.1. The van der Waals surface area contributed by atoms with E-state index in [1.807, 2.05) is 53.5 Å². The molecule has 0 unspecified atom stereocenters. The van der Waals surface area contributed by atoms with Crippen molar-refractivity contribution in [3.63, 3.8) is 0 Å². The Hall–Kier alpha value is -3.29. The second kappa shape index (κ2) is 8.22. The van der Waals surface area contributed by atoms with Crippen LogP contribution in [-0.4, -0.2) is 20.9 Å². The van der Waals surface area contributed by atoms with Gasteiger partial charge in [0.05, 0.1) is 23.8 Å². The lowest BCUT2D eigenvalue weighted by atomic mass is 10.2. The zero-order valence-electron chi connectivity index (χ0n) is 15.7. The first-order valence-electron chi connectivity index (χ1n) is 9.30. The van der Waals surface area contributed by atoms with Crippen LogP contribution in [0.4, 0.5) is 5.69 Å². The van der Waals surface area contributed by atoms with Crippen LogP contribution in [0.5, 0.6) is 0 Å². The van der Waals surface area contributed by atoms with Gasteiger partial charge in [0.1, 0.15) is 0 Å². The Morgan fingerprint density at radius 1 is 1.03 bits per heavy atom. The fraction of sp³-hybridized carbons (Fsp3) is 0. The summed E-state index contributed by atoms with van der Waals surface area (Å²) in [5, 5.41) is 8.02. The molecule has 0 fully saturated rings. The highest BCUT2D eigenvalue weighted by Crippen LogP contribution is 2.23. The summed E-state index contributed by atoms with van der Waals surface area (Å²) in [6.07, 6.45) is 7.32. The van der Waals surface area contributed by atoms with E-state index >= 15 is 0 Å². The van der Waals surface area contributed by atoms with Crippen molar-refractivity contribution in [1.82, 2.24) is 14.6 Å². The maximum Gasteiger partial charge on any atom is 0.211 e. The molecule has 2 aromatic carbocycles. The molecule has 3 heterocycles. The summed E-state index contributed by atoms with van der Waals surface area (Å²) in [7, 11) is 0. The number of aromatic nitrogens is 3. The number of hydrogen-bond acceptors (Lipinski definition) is 4. The first kappa shape index (κ1) is 18.7. The van der Waals surface area contributed by atoms with Crippen molar-refractivity contribution in [3.8, 4) is 11.3 Å². The van der Waals surface area contributed by atoms with Gasteiger partial charge in [0.15, 0.2) is 0 Å². The second-order valence-electron chi connectivity index (χ2n) is 6.58. The molecule has 0 aliphatic carbocycles. The Balaban J connectivity index is 1.65. The van der Waals surface area contributed by atoms with E-state index in [0.717, 1.165) is 42.7 Å². The van der Waals surface area contributed by atoms with Crippen molar-refractivity contribution in [1.29, 1.82) is 0 Å². The maximum atomic E-state index is 4.81. The molecule has 0 bridgehead atoms. The third kappa shape index (κ3) is 3.77. The Morgan fingerprint density at radius 2 is 1.90 bits per heavy atom.